The number of rotatable bonds is 6. The number of ketones is 1. The average molecular weight is 340 g/mol. The number of aromatic nitrogens is 3. The van der Waals surface area contributed by atoms with Gasteiger partial charge in [0, 0.05) is 17.0 Å². The topological polar surface area (TPSA) is 47.8 Å². The number of aryl methyl sites for hydroxylation is 2. The van der Waals surface area contributed by atoms with E-state index < -0.39 is 0 Å². The second-order valence-corrected chi connectivity index (χ2v) is 6.11. The molecule has 0 aliphatic rings. The van der Waals surface area contributed by atoms with Crippen molar-refractivity contribution < 1.29 is 4.79 Å². The van der Waals surface area contributed by atoms with Crippen LogP contribution < -0.4 is 0 Å². The first-order chi connectivity index (χ1) is 11.6. The highest BCUT2D eigenvalue weighted by molar-refractivity contribution is 6.30. The van der Waals surface area contributed by atoms with Gasteiger partial charge in [-0.1, -0.05) is 41.9 Å². The van der Waals surface area contributed by atoms with E-state index in [4.69, 9.17) is 11.6 Å². The fraction of sp³-hybridized carbons (Fsp3) is 0.211. The summed E-state index contributed by atoms with van der Waals surface area (Å²) in [6.45, 7) is 2.11. The molecule has 24 heavy (non-hydrogen) atoms. The summed E-state index contributed by atoms with van der Waals surface area (Å²) in [7, 11) is 0. The van der Waals surface area contributed by atoms with E-state index in [1.165, 1.54) is 5.56 Å². The molecule has 0 atom stereocenters. The summed E-state index contributed by atoms with van der Waals surface area (Å²) in [6.07, 6.45) is 1.25. The first-order valence-electron chi connectivity index (χ1n) is 7.85. The molecule has 1 aromatic heterocycles. The van der Waals surface area contributed by atoms with Gasteiger partial charge in [-0.2, -0.15) is 5.10 Å². The van der Waals surface area contributed by atoms with Crippen molar-refractivity contribution in [2.24, 2.45) is 0 Å². The van der Waals surface area contributed by atoms with Gasteiger partial charge in [0.1, 0.15) is 12.4 Å². The molecule has 2 aromatic carbocycles. The molecule has 1 heterocycles. The molecule has 0 aliphatic heterocycles. The first kappa shape index (κ1) is 16.4. The second-order valence-electron chi connectivity index (χ2n) is 5.67. The van der Waals surface area contributed by atoms with E-state index in [1.807, 2.05) is 49.4 Å². The number of benzene rings is 2. The van der Waals surface area contributed by atoms with Gasteiger partial charge in [-0.05, 0) is 43.2 Å². The summed E-state index contributed by atoms with van der Waals surface area (Å²) >= 11 is 5.90. The SMILES string of the molecule is Cc1nc(-c2ccc(Cl)cc2)nn1CC(=O)CCc1ccccc1. The minimum absolute atomic E-state index is 0.148. The molecule has 0 saturated heterocycles. The Labute approximate surface area is 146 Å². The predicted molar refractivity (Wildman–Crippen MR) is 95.0 cm³/mol. The summed E-state index contributed by atoms with van der Waals surface area (Å²) in [5.41, 5.74) is 2.06. The van der Waals surface area contributed by atoms with Gasteiger partial charge in [-0.15, -0.1) is 0 Å². The quantitative estimate of drug-likeness (QED) is 0.679. The molecule has 4 nitrogen and oxygen atoms in total. The molecule has 3 rings (SSSR count). The number of carbonyl (C=O) groups is 1. The average Bonchev–Trinajstić information content (AvgIpc) is 2.95. The van der Waals surface area contributed by atoms with Crippen LogP contribution in [0.5, 0.6) is 0 Å². The van der Waals surface area contributed by atoms with E-state index in [-0.39, 0.29) is 12.3 Å². The highest BCUT2D eigenvalue weighted by atomic mass is 35.5. The van der Waals surface area contributed by atoms with Crippen LogP contribution in [0.25, 0.3) is 11.4 Å². The molecule has 0 bridgehead atoms. The maximum absolute atomic E-state index is 12.2. The fourth-order valence-electron chi connectivity index (χ4n) is 2.47. The number of halogens is 1. The Balaban J connectivity index is 1.65. The molecule has 0 saturated carbocycles. The number of Topliss-reactive ketones (excluding diaryl/α,β-unsaturated/α-hetero) is 1. The maximum Gasteiger partial charge on any atom is 0.181 e. The summed E-state index contributed by atoms with van der Waals surface area (Å²) in [4.78, 5) is 16.7. The van der Waals surface area contributed by atoms with Crippen LogP contribution in [0.1, 0.15) is 17.8 Å². The zero-order valence-corrected chi connectivity index (χ0v) is 14.2. The fourth-order valence-corrected chi connectivity index (χ4v) is 2.59. The third-order valence-electron chi connectivity index (χ3n) is 3.82. The lowest BCUT2D eigenvalue weighted by Gasteiger charge is -2.03. The molecule has 122 valence electrons. The minimum Gasteiger partial charge on any atom is -0.298 e. The zero-order chi connectivity index (χ0) is 16.9. The van der Waals surface area contributed by atoms with Crippen molar-refractivity contribution in [3.05, 3.63) is 71.0 Å². The predicted octanol–water partition coefficient (Wildman–Crippen LogP) is 4.11. The van der Waals surface area contributed by atoms with E-state index in [9.17, 15) is 4.79 Å². The Morgan fingerprint density at radius 2 is 1.79 bits per heavy atom. The number of hydrogen-bond acceptors (Lipinski definition) is 3. The largest absolute Gasteiger partial charge is 0.298 e. The molecular formula is C19H18ClN3O. The van der Waals surface area contributed by atoms with Gasteiger partial charge in [0.2, 0.25) is 0 Å². The van der Waals surface area contributed by atoms with Crippen LogP contribution in [-0.2, 0) is 17.8 Å². The maximum atomic E-state index is 12.2. The van der Waals surface area contributed by atoms with Crippen molar-refractivity contribution in [2.75, 3.05) is 0 Å². The van der Waals surface area contributed by atoms with Gasteiger partial charge in [0.05, 0.1) is 0 Å². The van der Waals surface area contributed by atoms with Crippen molar-refractivity contribution in [1.29, 1.82) is 0 Å². The molecular weight excluding hydrogens is 322 g/mol. The van der Waals surface area contributed by atoms with Gasteiger partial charge in [-0.25, -0.2) is 9.67 Å². The Morgan fingerprint density at radius 3 is 2.50 bits per heavy atom. The van der Waals surface area contributed by atoms with Crippen LogP contribution in [0.2, 0.25) is 5.02 Å². The van der Waals surface area contributed by atoms with Crippen molar-refractivity contribution in [2.45, 2.75) is 26.3 Å². The highest BCUT2D eigenvalue weighted by Gasteiger charge is 2.11. The Morgan fingerprint density at radius 1 is 1.08 bits per heavy atom. The van der Waals surface area contributed by atoms with E-state index in [1.54, 1.807) is 16.8 Å². The van der Waals surface area contributed by atoms with Gasteiger partial charge in [0.25, 0.3) is 0 Å². The Hall–Kier alpha value is -2.46. The highest BCUT2D eigenvalue weighted by Crippen LogP contribution is 2.18. The summed E-state index contributed by atoms with van der Waals surface area (Å²) in [5, 5.41) is 5.12. The lowest BCUT2D eigenvalue weighted by molar-refractivity contribution is -0.119. The van der Waals surface area contributed by atoms with Gasteiger partial charge in [-0.3, -0.25) is 4.79 Å². The number of carbonyl (C=O) groups excluding carboxylic acids is 1. The second kappa shape index (κ2) is 7.41. The molecule has 0 unspecified atom stereocenters. The third-order valence-corrected chi connectivity index (χ3v) is 4.07. The van der Waals surface area contributed by atoms with Crippen molar-refractivity contribution >= 4 is 17.4 Å². The van der Waals surface area contributed by atoms with E-state index in [2.05, 4.69) is 10.1 Å². The summed E-state index contributed by atoms with van der Waals surface area (Å²) < 4.78 is 1.66. The molecule has 0 spiro atoms. The van der Waals surface area contributed by atoms with Crippen LogP contribution in [-0.4, -0.2) is 20.5 Å². The van der Waals surface area contributed by atoms with Crippen molar-refractivity contribution in [3.63, 3.8) is 0 Å². The Bertz CT molecular complexity index is 826. The van der Waals surface area contributed by atoms with Crippen LogP contribution >= 0.6 is 11.6 Å². The normalized spacial score (nSPS) is 10.8. The molecule has 3 aromatic rings. The van der Waals surface area contributed by atoms with E-state index in [0.29, 0.717) is 17.3 Å². The third kappa shape index (κ3) is 4.09. The Kier molecular flexibility index (Phi) is 5.06. The first-order valence-corrected chi connectivity index (χ1v) is 8.22. The monoisotopic (exact) mass is 339 g/mol. The van der Waals surface area contributed by atoms with Crippen LogP contribution in [0.3, 0.4) is 0 Å². The molecule has 0 radical (unpaired) electrons. The van der Waals surface area contributed by atoms with Crippen molar-refractivity contribution in [3.8, 4) is 11.4 Å². The van der Waals surface area contributed by atoms with E-state index >= 15 is 0 Å². The van der Waals surface area contributed by atoms with Crippen LogP contribution in [0.4, 0.5) is 0 Å². The molecule has 0 amide bonds. The summed E-state index contributed by atoms with van der Waals surface area (Å²) in [6, 6.07) is 17.4. The summed E-state index contributed by atoms with van der Waals surface area (Å²) in [5.74, 6) is 1.49. The molecule has 0 aliphatic carbocycles. The lowest BCUT2D eigenvalue weighted by atomic mass is 10.1. The van der Waals surface area contributed by atoms with Crippen molar-refractivity contribution in [1.82, 2.24) is 14.8 Å². The molecule has 5 heteroatoms. The number of hydrogen-bond donors (Lipinski definition) is 0. The van der Waals surface area contributed by atoms with E-state index in [0.717, 1.165) is 17.8 Å². The lowest BCUT2D eigenvalue weighted by Crippen LogP contribution is -2.13. The van der Waals surface area contributed by atoms with Crippen LogP contribution in [0, 0.1) is 6.92 Å². The zero-order valence-electron chi connectivity index (χ0n) is 13.4. The van der Waals surface area contributed by atoms with Gasteiger partial charge >= 0.3 is 0 Å². The molecule has 0 N–H and O–H groups in total. The molecule has 0 fully saturated rings. The minimum atomic E-state index is 0.148. The number of nitrogens with zero attached hydrogens (tertiary/aromatic N) is 3. The van der Waals surface area contributed by atoms with Crippen LogP contribution in [0.15, 0.2) is 54.6 Å². The standard InChI is InChI=1S/C19H18ClN3O/c1-14-21-19(16-8-10-17(20)11-9-16)22-23(14)13-18(24)12-7-15-5-3-2-4-6-15/h2-6,8-11H,7,12-13H2,1H3. The van der Waals surface area contributed by atoms with Gasteiger partial charge in [0.15, 0.2) is 11.6 Å². The smallest absolute Gasteiger partial charge is 0.181 e. The van der Waals surface area contributed by atoms with Gasteiger partial charge < -0.3 is 0 Å².